The topological polar surface area (TPSA) is 61.0 Å². The van der Waals surface area contributed by atoms with Crippen molar-refractivity contribution < 1.29 is 4.79 Å². The molecule has 5 nitrogen and oxygen atoms in total. The number of para-hydroxylation sites is 1. The van der Waals surface area contributed by atoms with E-state index in [1.54, 1.807) is 7.05 Å². The molecule has 1 atom stereocenters. The maximum absolute atomic E-state index is 12.1. The number of aryl methyl sites for hydroxylation is 1. The lowest BCUT2D eigenvalue weighted by molar-refractivity contribution is -0.131. The van der Waals surface area contributed by atoms with Crippen molar-refractivity contribution in [1.29, 1.82) is 0 Å². The van der Waals surface area contributed by atoms with Crippen LogP contribution in [-0.2, 0) is 4.79 Å². The van der Waals surface area contributed by atoms with E-state index in [1.807, 2.05) is 17.0 Å². The molecule has 1 aromatic carbocycles. The van der Waals surface area contributed by atoms with Gasteiger partial charge in [-0.1, -0.05) is 12.1 Å². The normalized spacial score (nSPS) is 18.9. The van der Waals surface area contributed by atoms with Gasteiger partial charge >= 0.3 is 0 Å². The number of H-pyrrole nitrogens is 1. The third-order valence-corrected chi connectivity index (χ3v) is 3.95. The SMILES string of the molecule is CNCC(=O)N1CCC[C@@H]1c1nc2c(C)cccc2[nH]1. The first-order valence-corrected chi connectivity index (χ1v) is 7.10. The number of carbonyl (C=O) groups excluding carboxylic acids is 1. The molecule has 0 unspecified atom stereocenters. The summed E-state index contributed by atoms with van der Waals surface area (Å²) >= 11 is 0. The minimum absolute atomic E-state index is 0.0858. The zero-order chi connectivity index (χ0) is 14.1. The second kappa shape index (κ2) is 5.25. The molecule has 1 aliphatic rings. The Hall–Kier alpha value is -1.88. The summed E-state index contributed by atoms with van der Waals surface area (Å²) < 4.78 is 0. The molecule has 0 bridgehead atoms. The zero-order valence-electron chi connectivity index (χ0n) is 11.9. The maximum Gasteiger partial charge on any atom is 0.237 e. The van der Waals surface area contributed by atoms with Crippen LogP contribution < -0.4 is 5.32 Å². The first kappa shape index (κ1) is 13.1. The van der Waals surface area contributed by atoms with Crippen LogP contribution >= 0.6 is 0 Å². The highest BCUT2D eigenvalue weighted by atomic mass is 16.2. The molecular weight excluding hydrogens is 252 g/mol. The standard InChI is InChI=1S/C15H20N4O/c1-10-5-3-6-11-14(10)18-15(17-11)12-7-4-8-19(12)13(20)9-16-2/h3,5-6,12,16H,4,7-9H2,1-2H3,(H,17,18)/t12-/m1/s1. The van der Waals surface area contributed by atoms with Gasteiger partial charge in [0.05, 0.1) is 23.6 Å². The summed E-state index contributed by atoms with van der Waals surface area (Å²) in [5, 5.41) is 2.93. The summed E-state index contributed by atoms with van der Waals surface area (Å²) in [4.78, 5) is 22.2. The first-order valence-electron chi connectivity index (χ1n) is 7.10. The lowest BCUT2D eigenvalue weighted by Gasteiger charge is -2.23. The van der Waals surface area contributed by atoms with Crippen molar-refractivity contribution in [3.63, 3.8) is 0 Å². The molecule has 1 fully saturated rings. The van der Waals surface area contributed by atoms with Crippen LogP contribution in [0, 0.1) is 6.92 Å². The molecule has 2 N–H and O–H groups in total. The minimum atomic E-state index is 0.0858. The molecular formula is C15H20N4O. The van der Waals surface area contributed by atoms with Crippen LogP contribution in [0.25, 0.3) is 11.0 Å². The zero-order valence-corrected chi connectivity index (χ0v) is 11.9. The number of nitrogens with zero attached hydrogens (tertiary/aromatic N) is 2. The lowest BCUT2D eigenvalue weighted by Crippen LogP contribution is -2.37. The molecule has 2 heterocycles. The van der Waals surface area contributed by atoms with E-state index in [0.717, 1.165) is 41.8 Å². The monoisotopic (exact) mass is 272 g/mol. The minimum Gasteiger partial charge on any atom is -0.340 e. The van der Waals surface area contributed by atoms with Gasteiger partial charge in [-0.05, 0) is 38.4 Å². The predicted octanol–water partition coefficient (Wildman–Crippen LogP) is 1.75. The molecule has 3 rings (SSSR count). The van der Waals surface area contributed by atoms with Crippen LogP contribution in [0.15, 0.2) is 18.2 Å². The number of nitrogens with one attached hydrogen (secondary N) is 2. The number of carbonyl (C=O) groups is 1. The smallest absolute Gasteiger partial charge is 0.237 e. The molecule has 1 aromatic heterocycles. The number of likely N-dealkylation sites (tertiary alicyclic amines) is 1. The van der Waals surface area contributed by atoms with Gasteiger partial charge in [-0.3, -0.25) is 4.79 Å². The van der Waals surface area contributed by atoms with Crippen LogP contribution in [0.4, 0.5) is 0 Å². The molecule has 20 heavy (non-hydrogen) atoms. The van der Waals surface area contributed by atoms with Crippen LogP contribution in [0.5, 0.6) is 0 Å². The van der Waals surface area contributed by atoms with Crippen molar-refractivity contribution in [1.82, 2.24) is 20.2 Å². The van der Waals surface area contributed by atoms with Crippen molar-refractivity contribution in [3.8, 4) is 0 Å². The fourth-order valence-corrected chi connectivity index (χ4v) is 2.95. The number of hydrogen-bond donors (Lipinski definition) is 2. The molecule has 2 aromatic rings. The van der Waals surface area contributed by atoms with Crippen molar-refractivity contribution in [3.05, 3.63) is 29.6 Å². The molecule has 0 spiro atoms. The molecule has 5 heteroatoms. The Morgan fingerprint density at radius 1 is 1.55 bits per heavy atom. The van der Waals surface area contributed by atoms with E-state index in [-0.39, 0.29) is 11.9 Å². The Labute approximate surface area is 118 Å². The lowest BCUT2D eigenvalue weighted by atomic mass is 10.2. The number of amides is 1. The van der Waals surface area contributed by atoms with E-state index in [0.29, 0.717) is 6.54 Å². The molecule has 0 radical (unpaired) electrons. The van der Waals surface area contributed by atoms with Crippen molar-refractivity contribution in [2.45, 2.75) is 25.8 Å². The Bertz CT molecular complexity index is 634. The van der Waals surface area contributed by atoms with Crippen LogP contribution in [-0.4, -0.2) is 40.9 Å². The number of likely N-dealkylation sites (N-methyl/N-ethyl adjacent to an activating group) is 1. The average molecular weight is 272 g/mol. The fourth-order valence-electron chi connectivity index (χ4n) is 2.95. The predicted molar refractivity (Wildman–Crippen MR) is 78.4 cm³/mol. The van der Waals surface area contributed by atoms with Gasteiger partial charge in [-0.25, -0.2) is 4.98 Å². The van der Waals surface area contributed by atoms with Gasteiger partial charge in [0.25, 0.3) is 0 Å². The maximum atomic E-state index is 12.1. The van der Waals surface area contributed by atoms with E-state index in [9.17, 15) is 4.79 Å². The molecule has 0 aliphatic carbocycles. The van der Waals surface area contributed by atoms with Gasteiger partial charge < -0.3 is 15.2 Å². The van der Waals surface area contributed by atoms with E-state index < -0.39 is 0 Å². The molecule has 1 amide bonds. The van der Waals surface area contributed by atoms with E-state index in [2.05, 4.69) is 23.3 Å². The van der Waals surface area contributed by atoms with Crippen LogP contribution in [0.2, 0.25) is 0 Å². The van der Waals surface area contributed by atoms with Crippen LogP contribution in [0.1, 0.15) is 30.3 Å². The van der Waals surface area contributed by atoms with Crippen molar-refractivity contribution >= 4 is 16.9 Å². The highest BCUT2D eigenvalue weighted by Gasteiger charge is 2.31. The van der Waals surface area contributed by atoms with Gasteiger partial charge in [0, 0.05) is 6.54 Å². The summed E-state index contributed by atoms with van der Waals surface area (Å²) in [5.74, 6) is 1.06. The molecule has 106 valence electrons. The van der Waals surface area contributed by atoms with E-state index in [1.165, 1.54) is 0 Å². The number of aromatic amines is 1. The summed E-state index contributed by atoms with van der Waals surface area (Å²) in [6.07, 6.45) is 2.02. The third kappa shape index (κ3) is 2.18. The largest absolute Gasteiger partial charge is 0.340 e. The first-order chi connectivity index (χ1) is 9.70. The van der Waals surface area contributed by atoms with E-state index >= 15 is 0 Å². The van der Waals surface area contributed by atoms with Crippen molar-refractivity contribution in [2.75, 3.05) is 20.1 Å². The highest BCUT2D eigenvalue weighted by molar-refractivity contribution is 5.80. The van der Waals surface area contributed by atoms with Gasteiger partial charge in [-0.2, -0.15) is 0 Å². The van der Waals surface area contributed by atoms with Gasteiger partial charge in [0.1, 0.15) is 5.82 Å². The number of fused-ring (bicyclic) bond motifs is 1. The summed E-state index contributed by atoms with van der Waals surface area (Å²) in [7, 11) is 1.80. The molecule has 0 saturated carbocycles. The Morgan fingerprint density at radius 2 is 2.40 bits per heavy atom. The molecule has 1 saturated heterocycles. The number of benzene rings is 1. The van der Waals surface area contributed by atoms with Gasteiger partial charge in [0.2, 0.25) is 5.91 Å². The van der Waals surface area contributed by atoms with Gasteiger partial charge in [-0.15, -0.1) is 0 Å². The quantitative estimate of drug-likeness (QED) is 0.895. The summed E-state index contributed by atoms with van der Waals surface area (Å²) in [6, 6.07) is 6.21. The second-order valence-corrected chi connectivity index (χ2v) is 5.37. The molecule has 1 aliphatic heterocycles. The van der Waals surface area contributed by atoms with Gasteiger partial charge in [0.15, 0.2) is 0 Å². The average Bonchev–Trinajstić information content (AvgIpc) is 3.05. The highest BCUT2D eigenvalue weighted by Crippen LogP contribution is 2.31. The Balaban J connectivity index is 1.93. The number of hydrogen-bond acceptors (Lipinski definition) is 3. The second-order valence-electron chi connectivity index (χ2n) is 5.37. The summed E-state index contributed by atoms with van der Waals surface area (Å²) in [6.45, 7) is 3.27. The number of rotatable bonds is 3. The number of aromatic nitrogens is 2. The summed E-state index contributed by atoms with van der Waals surface area (Å²) in [5.41, 5.74) is 3.22. The fraction of sp³-hybridized carbons (Fsp3) is 0.467. The Kier molecular flexibility index (Phi) is 3.44. The van der Waals surface area contributed by atoms with E-state index in [4.69, 9.17) is 4.98 Å². The van der Waals surface area contributed by atoms with Crippen LogP contribution in [0.3, 0.4) is 0 Å². The number of imidazole rings is 1. The Morgan fingerprint density at radius 3 is 3.15 bits per heavy atom. The third-order valence-electron chi connectivity index (χ3n) is 3.95. The van der Waals surface area contributed by atoms with Crippen molar-refractivity contribution in [2.24, 2.45) is 0 Å².